The standard InChI is InChI=1S/C11H16O/c1-3-5-6-10-8-11(12)7-9(10)4-2/h4-6,9-10H,2-3,7-8H2,1H3/b6-5-/t9-,10-/m1/s1. The van der Waals surface area contributed by atoms with Crippen molar-refractivity contribution in [1.29, 1.82) is 0 Å². The molecule has 0 radical (unpaired) electrons. The zero-order chi connectivity index (χ0) is 8.97. The first-order chi connectivity index (χ1) is 5.77. The highest BCUT2D eigenvalue weighted by atomic mass is 16.1. The molecule has 1 saturated carbocycles. The lowest BCUT2D eigenvalue weighted by atomic mass is 9.96. The van der Waals surface area contributed by atoms with Gasteiger partial charge in [0, 0.05) is 12.8 Å². The Morgan fingerprint density at radius 1 is 1.50 bits per heavy atom. The summed E-state index contributed by atoms with van der Waals surface area (Å²) in [5.74, 6) is 1.20. The first-order valence-corrected chi connectivity index (χ1v) is 4.58. The summed E-state index contributed by atoms with van der Waals surface area (Å²) in [5, 5.41) is 0. The van der Waals surface area contributed by atoms with Crippen LogP contribution in [-0.2, 0) is 4.79 Å². The van der Waals surface area contributed by atoms with Crippen LogP contribution in [0.5, 0.6) is 0 Å². The van der Waals surface area contributed by atoms with Gasteiger partial charge >= 0.3 is 0 Å². The smallest absolute Gasteiger partial charge is 0.134 e. The molecule has 0 spiro atoms. The number of hydrogen-bond acceptors (Lipinski definition) is 1. The average molecular weight is 164 g/mol. The first kappa shape index (κ1) is 9.24. The molecule has 0 amide bonds. The van der Waals surface area contributed by atoms with Crippen molar-refractivity contribution in [2.45, 2.75) is 26.2 Å². The van der Waals surface area contributed by atoms with Crippen molar-refractivity contribution in [3.05, 3.63) is 24.8 Å². The lowest BCUT2D eigenvalue weighted by Gasteiger charge is -2.08. The third-order valence-corrected chi connectivity index (χ3v) is 2.40. The Balaban J connectivity index is 2.57. The van der Waals surface area contributed by atoms with E-state index < -0.39 is 0 Å². The Kier molecular flexibility index (Phi) is 3.27. The lowest BCUT2D eigenvalue weighted by molar-refractivity contribution is -0.117. The molecular formula is C11H16O. The van der Waals surface area contributed by atoms with Crippen molar-refractivity contribution in [2.75, 3.05) is 0 Å². The zero-order valence-electron chi connectivity index (χ0n) is 7.62. The maximum absolute atomic E-state index is 11.1. The Morgan fingerprint density at radius 2 is 2.17 bits per heavy atom. The summed E-state index contributed by atoms with van der Waals surface area (Å²) >= 11 is 0. The molecule has 1 aliphatic carbocycles. The third-order valence-electron chi connectivity index (χ3n) is 2.40. The number of carbonyl (C=O) groups excluding carboxylic acids is 1. The minimum Gasteiger partial charge on any atom is -0.300 e. The van der Waals surface area contributed by atoms with E-state index in [4.69, 9.17) is 0 Å². The van der Waals surface area contributed by atoms with Crippen molar-refractivity contribution >= 4 is 5.78 Å². The van der Waals surface area contributed by atoms with E-state index in [1.807, 2.05) is 6.08 Å². The van der Waals surface area contributed by atoms with Gasteiger partial charge in [0.1, 0.15) is 5.78 Å². The van der Waals surface area contributed by atoms with Gasteiger partial charge in [0.15, 0.2) is 0 Å². The normalized spacial score (nSPS) is 29.9. The van der Waals surface area contributed by atoms with Gasteiger partial charge in [-0.15, -0.1) is 6.58 Å². The number of carbonyl (C=O) groups is 1. The molecule has 0 bridgehead atoms. The van der Waals surface area contributed by atoms with E-state index in [1.165, 1.54) is 0 Å². The van der Waals surface area contributed by atoms with Gasteiger partial charge in [-0.05, 0) is 18.3 Å². The van der Waals surface area contributed by atoms with Gasteiger partial charge in [-0.3, -0.25) is 4.79 Å². The van der Waals surface area contributed by atoms with Crippen LogP contribution >= 0.6 is 0 Å². The lowest BCUT2D eigenvalue weighted by Crippen LogP contribution is -2.00. The Labute approximate surface area is 74.2 Å². The van der Waals surface area contributed by atoms with Gasteiger partial charge in [0.25, 0.3) is 0 Å². The van der Waals surface area contributed by atoms with E-state index in [1.54, 1.807) is 0 Å². The molecule has 1 nitrogen and oxygen atoms in total. The molecule has 1 rings (SSSR count). The monoisotopic (exact) mass is 164 g/mol. The molecule has 12 heavy (non-hydrogen) atoms. The molecular weight excluding hydrogens is 148 g/mol. The van der Waals surface area contributed by atoms with Crippen LogP contribution in [-0.4, -0.2) is 5.78 Å². The minimum absolute atomic E-state index is 0.380. The second kappa shape index (κ2) is 4.24. The fourth-order valence-electron chi connectivity index (χ4n) is 1.69. The summed E-state index contributed by atoms with van der Waals surface area (Å²) in [6.45, 7) is 5.86. The van der Waals surface area contributed by atoms with Crippen LogP contribution in [0.2, 0.25) is 0 Å². The van der Waals surface area contributed by atoms with E-state index in [9.17, 15) is 4.79 Å². The molecule has 2 atom stereocenters. The maximum atomic E-state index is 11.1. The largest absolute Gasteiger partial charge is 0.300 e. The Bertz CT molecular complexity index is 203. The minimum atomic E-state index is 0.380. The van der Waals surface area contributed by atoms with Crippen LogP contribution in [0, 0.1) is 11.8 Å². The summed E-state index contributed by atoms with van der Waals surface area (Å²) in [4.78, 5) is 11.1. The van der Waals surface area contributed by atoms with Crippen molar-refractivity contribution in [3.8, 4) is 0 Å². The molecule has 0 aromatic heterocycles. The predicted octanol–water partition coefficient (Wildman–Crippen LogP) is 2.73. The van der Waals surface area contributed by atoms with E-state index in [-0.39, 0.29) is 0 Å². The van der Waals surface area contributed by atoms with Crippen LogP contribution in [0.4, 0.5) is 0 Å². The quantitative estimate of drug-likeness (QED) is 0.586. The van der Waals surface area contributed by atoms with Gasteiger partial charge in [0.2, 0.25) is 0 Å². The molecule has 0 aromatic rings. The second-order valence-corrected chi connectivity index (χ2v) is 3.35. The molecule has 0 aliphatic heterocycles. The molecule has 0 unspecified atom stereocenters. The molecule has 1 aliphatic rings. The summed E-state index contributed by atoms with van der Waals surface area (Å²) in [5.41, 5.74) is 0. The fraction of sp³-hybridized carbons (Fsp3) is 0.545. The summed E-state index contributed by atoms with van der Waals surface area (Å²) in [6.07, 6.45) is 8.68. The second-order valence-electron chi connectivity index (χ2n) is 3.35. The van der Waals surface area contributed by atoms with Gasteiger partial charge < -0.3 is 0 Å². The van der Waals surface area contributed by atoms with Crippen molar-refractivity contribution < 1.29 is 4.79 Å². The van der Waals surface area contributed by atoms with Crippen LogP contribution in [0.1, 0.15) is 26.2 Å². The number of allylic oxidation sites excluding steroid dienone is 3. The number of ketones is 1. The van der Waals surface area contributed by atoms with E-state index in [0.717, 1.165) is 6.42 Å². The van der Waals surface area contributed by atoms with Gasteiger partial charge in [-0.1, -0.05) is 25.2 Å². The molecule has 1 heteroatoms. The summed E-state index contributed by atoms with van der Waals surface area (Å²) in [7, 11) is 0. The zero-order valence-corrected chi connectivity index (χ0v) is 7.62. The number of hydrogen-bond donors (Lipinski definition) is 0. The van der Waals surface area contributed by atoms with Crippen molar-refractivity contribution in [2.24, 2.45) is 11.8 Å². The first-order valence-electron chi connectivity index (χ1n) is 4.58. The highest BCUT2D eigenvalue weighted by Crippen LogP contribution is 2.30. The van der Waals surface area contributed by atoms with Crippen LogP contribution in [0.25, 0.3) is 0 Å². The van der Waals surface area contributed by atoms with Crippen molar-refractivity contribution in [1.82, 2.24) is 0 Å². The van der Waals surface area contributed by atoms with Crippen LogP contribution in [0.15, 0.2) is 24.8 Å². The van der Waals surface area contributed by atoms with Gasteiger partial charge in [-0.2, -0.15) is 0 Å². The summed E-state index contributed by atoms with van der Waals surface area (Å²) < 4.78 is 0. The van der Waals surface area contributed by atoms with E-state index in [0.29, 0.717) is 30.5 Å². The van der Waals surface area contributed by atoms with E-state index >= 15 is 0 Å². The number of rotatable bonds is 3. The highest BCUT2D eigenvalue weighted by Gasteiger charge is 2.28. The molecule has 0 saturated heterocycles. The topological polar surface area (TPSA) is 17.1 Å². The highest BCUT2D eigenvalue weighted by molar-refractivity contribution is 5.81. The van der Waals surface area contributed by atoms with E-state index in [2.05, 4.69) is 25.7 Å². The van der Waals surface area contributed by atoms with Crippen molar-refractivity contribution in [3.63, 3.8) is 0 Å². The fourth-order valence-corrected chi connectivity index (χ4v) is 1.69. The number of Topliss-reactive ketones (excluding diaryl/α,β-unsaturated/α-hetero) is 1. The average Bonchev–Trinajstić information content (AvgIpc) is 2.42. The van der Waals surface area contributed by atoms with Crippen LogP contribution in [0.3, 0.4) is 0 Å². The maximum Gasteiger partial charge on any atom is 0.134 e. The SMILES string of the molecule is C=C[C@@H]1CC(=O)C[C@H]1/C=C\CC. The Morgan fingerprint density at radius 3 is 2.75 bits per heavy atom. The molecule has 0 aromatic carbocycles. The molecule has 0 N–H and O–H groups in total. The predicted molar refractivity (Wildman–Crippen MR) is 50.8 cm³/mol. The Hall–Kier alpha value is -0.850. The third kappa shape index (κ3) is 2.07. The molecule has 0 heterocycles. The van der Waals surface area contributed by atoms with Gasteiger partial charge in [0.05, 0.1) is 0 Å². The van der Waals surface area contributed by atoms with Crippen LogP contribution < -0.4 is 0 Å². The summed E-state index contributed by atoms with van der Waals surface area (Å²) in [6, 6.07) is 0. The molecule has 1 fully saturated rings. The molecule has 66 valence electrons. The van der Waals surface area contributed by atoms with Gasteiger partial charge in [-0.25, -0.2) is 0 Å².